The van der Waals surface area contributed by atoms with Crippen molar-refractivity contribution in [2.75, 3.05) is 13.2 Å². The number of aliphatic hydroxyl groups excluding tert-OH is 1. The quantitative estimate of drug-likeness (QED) is 0.928. The van der Waals surface area contributed by atoms with Gasteiger partial charge in [-0.2, -0.15) is 0 Å². The number of aliphatic hydroxyl groups is 1. The molecule has 1 aliphatic rings. The topological polar surface area (TPSA) is 79.5 Å². The molecule has 1 amide bonds. The van der Waals surface area contributed by atoms with Crippen molar-refractivity contribution < 1.29 is 14.4 Å². The standard InChI is InChI=1S/C15H19N3O3/c1-9-8-12(13-10(2)17-21-14(13)16-9)15(20)18(6-7-19)11-4-3-5-11/h8,11,19H,3-7H2,1-2H3. The molecule has 0 bridgehead atoms. The highest BCUT2D eigenvalue weighted by Crippen LogP contribution is 2.29. The van der Waals surface area contributed by atoms with Gasteiger partial charge in [0, 0.05) is 18.3 Å². The van der Waals surface area contributed by atoms with Crippen molar-refractivity contribution in [3.05, 3.63) is 23.0 Å². The van der Waals surface area contributed by atoms with E-state index < -0.39 is 0 Å². The monoisotopic (exact) mass is 289 g/mol. The Morgan fingerprint density at radius 2 is 2.24 bits per heavy atom. The molecule has 112 valence electrons. The predicted octanol–water partition coefficient (Wildman–Crippen LogP) is 1.83. The van der Waals surface area contributed by atoms with Crippen LogP contribution in [0.3, 0.4) is 0 Å². The van der Waals surface area contributed by atoms with Crippen LogP contribution in [0.15, 0.2) is 10.6 Å². The highest BCUT2D eigenvalue weighted by Gasteiger charge is 2.31. The molecule has 21 heavy (non-hydrogen) atoms. The fourth-order valence-electron chi connectivity index (χ4n) is 2.80. The average molecular weight is 289 g/mol. The number of carbonyl (C=O) groups excluding carboxylic acids is 1. The molecule has 6 heteroatoms. The first kappa shape index (κ1) is 14.0. The van der Waals surface area contributed by atoms with Gasteiger partial charge in [0.2, 0.25) is 0 Å². The fraction of sp³-hybridized carbons (Fsp3) is 0.533. The lowest BCUT2D eigenvalue weighted by Gasteiger charge is -2.37. The summed E-state index contributed by atoms with van der Waals surface area (Å²) in [6, 6.07) is 2.01. The summed E-state index contributed by atoms with van der Waals surface area (Å²) in [4.78, 5) is 18.9. The number of pyridine rings is 1. The summed E-state index contributed by atoms with van der Waals surface area (Å²) in [5, 5.41) is 13.8. The van der Waals surface area contributed by atoms with E-state index in [0.29, 0.717) is 28.9 Å². The molecule has 1 N–H and O–H groups in total. The molecule has 0 aromatic carbocycles. The summed E-state index contributed by atoms with van der Waals surface area (Å²) in [5.41, 5.74) is 2.35. The predicted molar refractivity (Wildman–Crippen MR) is 77.0 cm³/mol. The smallest absolute Gasteiger partial charge is 0.258 e. The van der Waals surface area contributed by atoms with E-state index in [4.69, 9.17) is 4.52 Å². The van der Waals surface area contributed by atoms with Gasteiger partial charge in [0.1, 0.15) is 0 Å². The van der Waals surface area contributed by atoms with Crippen LogP contribution < -0.4 is 0 Å². The van der Waals surface area contributed by atoms with Crippen molar-refractivity contribution in [1.29, 1.82) is 0 Å². The Kier molecular flexibility index (Phi) is 3.63. The summed E-state index contributed by atoms with van der Waals surface area (Å²) >= 11 is 0. The van der Waals surface area contributed by atoms with Crippen LogP contribution in [-0.2, 0) is 0 Å². The molecule has 0 radical (unpaired) electrons. The van der Waals surface area contributed by atoms with Gasteiger partial charge in [0.25, 0.3) is 11.6 Å². The maximum absolute atomic E-state index is 12.9. The molecular formula is C15H19N3O3. The Labute approximate surface area is 122 Å². The highest BCUT2D eigenvalue weighted by molar-refractivity contribution is 6.06. The molecule has 0 aliphatic heterocycles. The Morgan fingerprint density at radius 1 is 1.48 bits per heavy atom. The van der Waals surface area contributed by atoms with Gasteiger partial charge in [-0.25, -0.2) is 4.98 Å². The SMILES string of the molecule is Cc1cc(C(=O)N(CCO)C2CCC2)c2c(C)noc2n1. The Morgan fingerprint density at radius 3 is 2.86 bits per heavy atom. The minimum absolute atomic E-state index is 0.0297. The summed E-state index contributed by atoms with van der Waals surface area (Å²) in [6.07, 6.45) is 3.14. The summed E-state index contributed by atoms with van der Waals surface area (Å²) in [6.45, 7) is 3.96. The molecule has 0 atom stereocenters. The summed E-state index contributed by atoms with van der Waals surface area (Å²) < 4.78 is 5.18. The first-order chi connectivity index (χ1) is 10.1. The minimum atomic E-state index is -0.0736. The largest absolute Gasteiger partial charge is 0.395 e. The van der Waals surface area contributed by atoms with E-state index in [9.17, 15) is 9.90 Å². The number of amides is 1. The molecule has 3 rings (SSSR count). The molecule has 0 saturated heterocycles. The Balaban J connectivity index is 2.05. The van der Waals surface area contributed by atoms with Crippen molar-refractivity contribution in [3.63, 3.8) is 0 Å². The molecule has 0 spiro atoms. The van der Waals surface area contributed by atoms with Crippen LogP contribution in [0.1, 0.15) is 41.0 Å². The fourth-order valence-corrected chi connectivity index (χ4v) is 2.80. The van der Waals surface area contributed by atoms with Crippen LogP contribution in [0.25, 0.3) is 11.1 Å². The van der Waals surface area contributed by atoms with Crippen molar-refractivity contribution in [3.8, 4) is 0 Å². The maximum atomic E-state index is 12.9. The lowest BCUT2D eigenvalue weighted by Crippen LogP contribution is -2.45. The van der Waals surface area contributed by atoms with Gasteiger partial charge >= 0.3 is 0 Å². The number of hydrogen-bond acceptors (Lipinski definition) is 5. The molecule has 1 aliphatic carbocycles. The lowest BCUT2D eigenvalue weighted by molar-refractivity contribution is 0.0527. The van der Waals surface area contributed by atoms with Gasteiger partial charge in [-0.1, -0.05) is 5.16 Å². The second-order valence-corrected chi connectivity index (χ2v) is 5.57. The third-order valence-electron chi connectivity index (χ3n) is 4.09. The van der Waals surface area contributed by atoms with Crippen LogP contribution in [0, 0.1) is 13.8 Å². The van der Waals surface area contributed by atoms with E-state index in [1.807, 2.05) is 6.92 Å². The average Bonchev–Trinajstić information content (AvgIpc) is 2.76. The molecule has 2 aromatic heterocycles. The molecule has 2 aromatic rings. The van der Waals surface area contributed by atoms with E-state index in [1.54, 1.807) is 17.9 Å². The van der Waals surface area contributed by atoms with Crippen LogP contribution >= 0.6 is 0 Å². The van der Waals surface area contributed by atoms with Crippen LogP contribution in [0.5, 0.6) is 0 Å². The molecule has 1 fully saturated rings. The number of nitrogens with zero attached hydrogens (tertiary/aromatic N) is 3. The zero-order valence-electron chi connectivity index (χ0n) is 12.3. The number of aromatic nitrogens is 2. The molecular weight excluding hydrogens is 270 g/mol. The second kappa shape index (κ2) is 5.44. The normalized spacial score (nSPS) is 15.2. The second-order valence-electron chi connectivity index (χ2n) is 5.57. The van der Waals surface area contributed by atoms with Gasteiger partial charge in [-0.15, -0.1) is 0 Å². The molecule has 0 unspecified atom stereocenters. The van der Waals surface area contributed by atoms with Gasteiger partial charge in [-0.3, -0.25) is 4.79 Å². The molecule has 2 heterocycles. The van der Waals surface area contributed by atoms with Crippen LogP contribution in [0.2, 0.25) is 0 Å². The van der Waals surface area contributed by atoms with Crippen molar-refractivity contribution in [2.24, 2.45) is 0 Å². The zero-order chi connectivity index (χ0) is 15.0. The van der Waals surface area contributed by atoms with E-state index in [-0.39, 0.29) is 18.6 Å². The van der Waals surface area contributed by atoms with Crippen LogP contribution in [0.4, 0.5) is 0 Å². The van der Waals surface area contributed by atoms with Gasteiger partial charge in [-0.05, 0) is 39.2 Å². The number of hydrogen-bond donors (Lipinski definition) is 1. The first-order valence-corrected chi connectivity index (χ1v) is 7.27. The van der Waals surface area contributed by atoms with E-state index >= 15 is 0 Å². The third-order valence-corrected chi connectivity index (χ3v) is 4.09. The Hall–Kier alpha value is -1.95. The highest BCUT2D eigenvalue weighted by atomic mass is 16.5. The van der Waals surface area contributed by atoms with E-state index in [0.717, 1.165) is 25.0 Å². The number of rotatable bonds is 4. The van der Waals surface area contributed by atoms with Gasteiger partial charge in [0.15, 0.2) is 0 Å². The summed E-state index contributed by atoms with van der Waals surface area (Å²) in [5.74, 6) is -0.0736. The van der Waals surface area contributed by atoms with Crippen LogP contribution in [-0.4, -0.2) is 45.2 Å². The van der Waals surface area contributed by atoms with Crippen molar-refractivity contribution in [1.82, 2.24) is 15.0 Å². The minimum Gasteiger partial charge on any atom is -0.395 e. The van der Waals surface area contributed by atoms with E-state index in [1.165, 1.54) is 0 Å². The number of aryl methyl sites for hydroxylation is 2. The zero-order valence-corrected chi connectivity index (χ0v) is 12.3. The Bertz CT molecular complexity index is 676. The third kappa shape index (κ3) is 2.40. The lowest BCUT2D eigenvalue weighted by atomic mass is 9.90. The number of carbonyl (C=O) groups is 1. The number of fused-ring (bicyclic) bond motifs is 1. The molecule has 6 nitrogen and oxygen atoms in total. The maximum Gasteiger partial charge on any atom is 0.258 e. The van der Waals surface area contributed by atoms with Crippen molar-refractivity contribution in [2.45, 2.75) is 39.2 Å². The van der Waals surface area contributed by atoms with Gasteiger partial charge in [0.05, 0.1) is 23.3 Å². The summed E-state index contributed by atoms with van der Waals surface area (Å²) in [7, 11) is 0. The van der Waals surface area contributed by atoms with Gasteiger partial charge < -0.3 is 14.5 Å². The molecule has 1 saturated carbocycles. The van der Waals surface area contributed by atoms with Crippen molar-refractivity contribution >= 4 is 17.0 Å². The first-order valence-electron chi connectivity index (χ1n) is 7.27. The van der Waals surface area contributed by atoms with E-state index in [2.05, 4.69) is 10.1 Å².